The lowest BCUT2D eigenvalue weighted by Crippen LogP contribution is -2.81. The van der Waals surface area contributed by atoms with Gasteiger partial charge in [-0.2, -0.15) is 0 Å². The molecule has 2 aliphatic heterocycles. The van der Waals surface area contributed by atoms with Crippen LogP contribution in [0.25, 0.3) is 10.8 Å². The van der Waals surface area contributed by atoms with Crippen molar-refractivity contribution >= 4 is 28.7 Å². The molecule has 7 nitrogen and oxygen atoms in total. The number of likely N-dealkylation sites (tertiary alicyclic amines) is 1. The summed E-state index contributed by atoms with van der Waals surface area (Å²) < 4.78 is 11.1. The molecule has 4 aromatic rings. The number of amides is 2. The highest BCUT2D eigenvalue weighted by Gasteiger charge is 2.69. The molecule has 0 saturated carbocycles. The van der Waals surface area contributed by atoms with Crippen molar-refractivity contribution in [3.8, 4) is 0 Å². The Morgan fingerprint density at radius 3 is 2.14 bits per heavy atom. The first-order valence-corrected chi connectivity index (χ1v) is 14.8. The molecule has 2 heterocycles. The summed E-state index contributed by atoms with van der Waals surface area (Å²) in [5, 5.41) is 2.15. The number of β-lactam (4-membered cyclic amide) rings is 1. The first kappa shape index (κ1) is 28.5. The Labute approximate surface area is 252 Å². The number of benzene rings is 4. The van der Waals surface area contributed by atoms with E-state index < -0.39 is 35.8 Å². The predicted octanol–water partition coefficient (Wildman–Crippen LogP) is 6.49. The van der Waals surface area contributed by atoms with Crippen LogP contribution >= 0.6 is 0 Å². The fraction of sp³-hybridized carbons (Fsp3) is 0.306. The van der Waals surface area contributed by atoms with Gasteiger partial charge in [-0.15, -0.1) is 0 Å². The number of carbonyl (C=O) groups excluding carboxylic acids is 3. The van der Waals surface area contributed by atoms with Crippen LogP contribution in [0.1, 0.15) is 49.1 Å². The molecular formula is C36H36N2O5. The molecule has 0 N–H and O–H groups in total. The molecule has 2 fully saturated rings. The summed E-state index contributed by atoms with van der Waals surface area (Å²) in [5.41, 5.74) is 1.39. The maximum atomic E-state index is 14.6. The molecule has 0 unspecified atom stereocenters. The number of carbonyl (C=O) groups is 3. The second-order valence-corrected chi connectivity index (χ2v) is 11.9. The molecule has 0 bridgehead atoms. The summed E-state index contributed by atoms with van der Waals surface area (Å²) in [6, 6.07) is 32.7. The maximum absolute atomic E-state index is 14.6. The van der Waals surface area contributed by atoms with Gasteiger partial charge in [0.05, 0.1) is 13.2 Å². The minimum atomic E-state index is -1.28. The fourth-order valence-electron chi connectivity index (χ4n) is 6.84. The molecule has 0 spiro atoms. The third kappa shape index (κ3) is 5.03. The summed E-state index contributed by atoms with van der Waals surface area (Å²) >= 11 is 0. The van der Waals surface area contributed by atoms with E-state index in [2.05, 4.69) is 32.0 Å². The smallest absolute Gasteiger partial charge is 0.412 e. The molecule has 0 aromatic heterocycles. The van der Waals surface area contributed by atoms with Crippen LogP contribution in [0.15, 0.2) is 103 Å². The predicted molar refractivity (Wildman–Crippen MR) is 164 cm³/mol. The van der Waals surface area contributed by atoms with Crippen LogP contribution in [-0.2, 0) is 25.5 Å². The maximum Gasteiger partial charge on any atom is 0.412 e. The van der Waals surface area contributed by atoms with Gasteiger partial charge in [0.2, 0.25) is 0 Å². The fourth-order valence-corrected chi connectivity index (χ4v) is 6.84. The average Bonchev–Trinajstić information content (AvgIpc) is 3.39. The van der Waals surface area contributed by atoms with E-state index in [4.69, 9.17) is 9.47 Å². The van der Waals surface area contributed by atoms with Gasteiger partial charge < -0.3 is 14.4 Å². The number of cyclic esters (lactones) is 1. The molecule has 4 atom stereocenters. The highest BCUT2D eigenvalue weighted by atomic mass is 16.6. The molecule has 0 aliphatic carbocycles. The van der Waals surface area contributed by atoms with E-state index >= 15 is 0 Å². The van der Waals surface area contributed by atoms with Gasteiger partial charge in [-0.05, 0) is 39.8 Å². The number of methoxy groups -OCH3 is 1. The van der Waals surface area contributed by atoms with Crippen molar-refractivity contribution in [1.82, 2.24) is 9.80 Å². The van der Waals surface area contributed by atoms with Gasteiger partial charge in [0.25, 0.3) is 5.91 Å². The van der Waals surface area contributed by atoms with E-state index in [9.17, 15) is 14.4 Å². The van der Waals surface area contributed by atoms with Crippen LogP contribution in [0.4, 0.5) is 4.79 Å². The van der Waals surface area contributed by atoms with Crippen LogP contribution in [0.3, 0.4) is 0 Å². The quantitative estimate of drug-likeness (QED) is 0.168. The Balaban J connectivity index is 1.53. The van der Waals surface area contributed by atoms with Gasteiger partial charge in [0.1, 0.15) is 18.1 Å². The van der Waals surface area contributed by atoms with E-state index in [1.165, 1.54) is 7.11 Å². The van der Waals surface area contributed by atoms with Crippen LogP contribution in [0.2, 0.25) is 0 Å². The van der Waals surface area contributed by atoms with E-state index in [1.54, 1.807) is 9.80 Å². The van der Waals surface area contributed by atoms with Crippen LogP contribution < -0.4 is 0 Å². The Kier molecular flexibility index (Phi) is 7.65. The topological polar surface area (TPSA) is 76.2 Å². The normalized spacial score (nSPS) is 23.4. The van der Waals surface area contributed by atoms with Gasteiger partial charge in [0, 0.05) is 6.42 Å². The lowest BCUT2D eigenvalue weighted by Gasteiger charge is -2.60. The highest BCUT2D eigenvalue weighted by Crippen LogP contribution is 2.53. The van der Waals surface area contributed by atoms with Crippen molar-refractivity contribution in [2.24, 2.45) is 5.92 Å². The standard InChI is InChI=1S/C36H36N2O5/c1-24(2)20-30-36(34(40)37(30)23-31(39)42-3,22-25-18-19-26-12-10-11-17-29(26)21-25)38-32(27-13-6-4-7-14-27)33(43-35(38)41)28-15-8-5-9-16-28/h4-19,21,24,30,32-33H,20,22-23H2,1-3H3/t30-,32-,33-,36-/m1/s1. The third-order valence-corrected chi connectivity index (χ3v) is 8.76. The number of nitrogens with zero attached hydrogens (tertiary/aromatic N) is 2. The number of esters is 1. The van der Waals surface area contributed by atoms with Crippen molar-refractivity contribution in [2.45, 2.75) is 50.4 Å². The second kappa shape index (κ2) is 11.6. The average molecular weight is 577 g/mol. The monoisotopic (exact) mass is 576 g/mol. The third-order valence-electron chi connectivity index (χ3n) is 8.76. The van der Waals surface area contributed by atoms with Crippen LogP contribution in [0, 0.1) is 5.92 Å². The molecule has 43 heavy (non-hydrogen) atoms. The van der Waals surface area contributed by atoms with Gasteiger partial charge in [-0.1, -0.05) is 117 Å². The molecule has 2 saturated heterocycles. The summed E-state index contributed by atoms with van der Waals surface area (Å²) in [5.74, 6) is -0.580. The number of ether oxygens (including phenoxy) is 2. The molecule has 220 valence electrons. The van der Waals surface area contributed by atoms with Gasteiger partial charge in [-0.25, -0.2) is 4.79 Å². The first-order chi connectivity index (χ1) is 20.8. The van der Waals surface area contributed by atoms with E-state index in [1.807, 2.05) is 84.9 Å². The Bertz CT molecular complexity index is 1640. The lowest BCUT2D eigenvalue weighted by atomic mass is 9.69. The van der Waals surface area contributed by atoms with Crippen LogP contribution in [0.5, 0.6) is 0 Å². The van der Waals surface area contributed by atoms with E-state index in [0.29, 0.717) is 6.42 Å². The number of hydrogen-bond donors (Lipinski definition) is 0. The summed E-state index contributed by atoms with van der Waals surface area (Å²) in [4.78, 5) is 44.6. The number of rotatable bonds is 9. The SMILES string of the molecule is COC(=O)CN1C(=O)[C@](Cc2ccc3ccccc3c2)(N2C(=O)O[C@H](c3ccccc3)[C@H]2c2ccccc2)[C@H]1CC(C)C. The summed E-state index contributed by atoms with van der Waals surface area (Å²) in [7, 11) is 1.32. The Morgan fingerprint density at radius 2 is 1.49 bits per heavy atom. The summed E-state index contributed by atoms with van der Waals surface area (Å²) in [6.45, 7) is 4.00. The van der Waals surface area contributed by atoms with Crippen molar-refractivity contribution in [3.63, 3.8) is 0 Å². The zero-order chi connectivity index (χ0) is 30.1. The zero-order valence-corrected chi connectivity index (χ0v) is 24.7. The Morgan fingerprint density at radius 1 is 0.860 bits per heavy atom. The van der Waals surface area contributed by atoms with Gasteiger partial charge in [-0.3, -0.25) is 14.5 Å². The molecule has 4 aromatic carbocycles. The minimum absolute atomic E-state index is 0.173. The summed E-state index contributed by atoms with van der Waals surface area (Å²) in [6.07, 6.45) is -0.279. The van der Waals surface area contributed by atoms with Gasteiger partial charge in [0.15, 0.2) is 6.10 Å². The molecular weight excluding hydrogens is 540 g/mol. The zero-order valence-electron chi connectivity index (χ0n) is 24.7. The molecule has 2 amide bonds. The number of fused-ring (bicyclic) bond motifs is 1. The molecule has 2 aliphatic rings. The highest BCUT2D eigenvalue weighted by molar-refractivity contribution is 6.00. The van der Waals surface area contributed by atoms with Crippen molar-refractivity contribution < 1.29 is 23.9 Å². The molecule has 6 rings (SSSR count). The van der Waals surface area contributed by atoms with Crippen molar-refractivity contribution in [3.05, 3.63) is 120 Å². The van der Waals surface area contributed by atoms with Crippen molar-refractivity contribution in [2.75, 3.05) is 13.7 Å². The second-order valence-electron chi connectivity index (χ2n) is 11.9. The first-order valence-electron chi connectivity index (χ1n) is 14.8. The largest absolute Gasteiger partial charge is 0.468 e. The Hall–Kier alpha value is -4.65. The lowest BCUT2D eigenvalue weighted by molar-refractivity contribution is -0.181. The minimum Gasteiger partial charge on any atom is -0.468 e. The van der Waals surface area contributed by atoms with Crippen molar-refractivity contribution in [1.29, 1.82) is 0 Å². The molecule has 7 heteroatoms. The van der Waals surface area contributed by atoms with Crippen LogP contribution in [-0.4, -0.2) is 53.0 Å². The molecule has 0 radical (unpaired) electrons. The van der Waals surface area contributed by atoms with Gasteiger partial charge >= 0.3 is 12.1 Å². The van der Waals surface area contributed by atoms with E-state index in [0.717, 1.165) is 27.5 Å². The number of hydrogen-bond acceptors (Lipinski definition) is 5. The van der Waals surface area contributed by atoms with E-state index in [-0.39, 0.29) is 24.8 Å².